The molecular weight excluding hydrogens is 430 g/mol. The minimum Gasteiger partial charge on any atom is -0.383 e. The zero-order chi connectivity index (χ0) is 24.7. The summed E-state index contributed by atoms with van der Waals surface area (Å²) in [5.41, 5.74) is 3.96. The number of carbonyl (C=O) groups excluding carboxylic acids is 2. The molecule has 0 saturated carbocycles. The molecule has 180 valence electrons. The molecule has 1 fully saturated rings. The lowest BCUT2D eigenvalue weighted by Gasteiger charge is -2.31. The van der Waals surface area contributed by atoms with Crippen LogP contribution >= 0.6 is 0 Å². The molecule has 0 aliphatic carbocycles. The topological polar surface area (TPSA) is 100 Å². The van der Waals surface area contributed by atoms with Crippen molar-refractivity contribution in [1.82, 2.24) is 19.8 Å². The van der Waals surface area contributed by atoms with Gasteiger partial charge in [-0.3, -0.25) is 14.6 Å². The monoisotopic (exact) mass is 463 g/mol. The van der Waals surface area contributed by atoms with Gasteiger partial charge in [-0.05, 0) is 62.9 Å². The summed E-state index contributed by atoms with van der Waals surface area (Å²) >= 11 is 0. The number of aryl methyl sites for hydroxylation is 1. The highest BCUT2D eigenvalue weighted by Crippen LogP contribution is 2.24. The molecular formula is C26H33N5O3. The van der Waals surface area contributed by atoms with E-state index in [1.165, 1.54) is 0 Å². The van der Waals surface area contributed by atoms with Gasteiger partial charge in [-0.25, -0.2) is 0 Å². The molecule has 0 radical (unpaired) electrons. The van der Waals surface area contributed by atoms with Crippen molar-refractivity contribution in [3.05, 3.63) is 58.7 Å². The number of aromatic nitrogens is 2. The van der Waals surface area contributed by atoms with Crippen molar-refractivity contribution in [2.45, 2.75) is 46.2 Å². The van der Waals surface area contributed by atoms with Crippen LogP contribution in [0.2, 0.25) is 0 Å². The van der Waals surface area contributed by atoms with E-state index < -0.39 is 0 Å². The number of hydrogen-bond acceptors (Lipinski definition) is 5. The smallest absolute Gasteiger partial charge is 0.264 e. The van der Waals surface area contributed by atoms with Crippen LogP contribution in [-0.4, -0.2) is 53.1 Å². The summed E-state index contributed by atoms with van der Waals surface area (Å²) in [6, 6.07) is 7.98. The van der Waals surface area contributed by atoms with Gasteiger partial charge < -0.3 is 19.5 Å². The van der Waals surface area contributed by atoms with Crippen molar-refractivity contribution >= 4 is 17.9 Å². The molecule has 0 aromatic carbocycles. The Morgan fingerprint density at radius 1 is 1.35 bits per heavy atom. The average molecular weight is 464 g/mol. The molecule has 1 aliphatic heterocycles. The molecule has 3 heterocycles. The molecule has 1 unspecified atom stereocenters. The lowest BCUT2D eigenvalue weighted by Crippen LogP contribution is -2.43. The normalized spacial score (nSPS) is 15.6. The molecule has 2 aromatic rings. The predicted octanol–water partition coefficient (Wildman–Crippen LogP) is 3.17. The average Bonchev–Trinajstić information content (AvgIpc) is 3.13. The molecule has 0 spiro atoms. The third-order valence-corrected chi connectivity index (χ3v) is 6.37. The number of amides is 2. The van der Waals surface area contributed by atoms with Gasteiger partial charge in [-0.1, -0.05) is 6.07 Å². The van der Waals surface area contributed by atoms with Crippen molar-refractivity contribution < 1.29 is 14.3 Å². The number of nitrogens with zero attached hydrogens (tertiary/aromatic N) is 4. The molecule has 8 heteroatoms. The molecule has 3 rings (SSSR count). The highest BCUT2D eigenvalue weighted by Gasteiger charge is 2.29. The second kappa shape index (κ2) is 11.6. The fourth-order valence-electron chi connectivity index (χ4n) is 4.59. The summed E-state index contributed by atoms with van der Waals surface area (Å²) in [6.45, 7) is 7.99. The van der Waals surface area contributed by atoms with E-state index in [1.807, 2.05) is 32.0 Å². The maximum Gasteiger partial charge on any atom is 0.264 e. The van der Waals surface area contributed by atoms with Crippen molar-refractivity contribution in [2.75, 3.05) is 26.8 Å². The molecule has 1 saturated heterocycles. The molecule has 8 nitrogen and oxygen atoms in total. The van der Waals surface area contributed by atoms with Gasteiger partial charge in [0.2, 0.25) is 5.91 Å². The minimum absolute atomic E-state index is 0.00961. The maximum atomic E-state index is 13.1. The van der Waals surface area contributed by atoms with Gasteiger partial charge in [-0.2, -0.15) is 5.26 Å². The van der Waals surface area contributed by atoms with Gasteiger partial charge in [0.1, 0.15) is 11.6 Å². The predicted molar refractivity (Wildman–Crippen MR) is 129 cm³/mol. The van der Waals surface area contributed by atoms with E-state index in [9.17, 15) is 14.9 Å². The second-order valence-corrected chi connectivity index (χ2v) is 8.82. The summed E-state index contributed by atoms with van der Waals surface area (Å²) in [6.07, 6.45) is 6.25. The Hall–Kier alpha value is -3.44. The van der Waals surface area contributed by atoms with Gasteiger partial charge >= 0.3 is 0 Å². The van der Waals surface area contributed by atoms with Crippen LogP contribution in [0.3, 0.4) is 0 Å². The molecule has 2 amide bonds. The quantitative estimate of drug-likeness (QED) is 0.479. The van der Waals surface area contributed by atoms with E-state index in [4.69, 9.17) is 4.74 Å². The first-order chi connectivity index (χ1) is 16.3. The van der Waals surface area contributed by atoms with Gasteiger partial charge in [0.15, 0.2) is 0 Å². The number of nitrogens with one attached hydrogen (secondary N) is 1. The van der Waals surface area contributed by atoms with Crippen LogP contribution < -0.4 is 5.32 Å². The van der Waals surface area contributed by atoms with Crippen LogP contribution in [0.1, 0.15) is 48.3 Å². The first kappa shape index (κ1) is 25.2. The zero-order valence-corrected chi connectivity index (χ0v) is 20.4. The fraction of sp³-hybridized carbons (Fsp3) is 0.462. The van der Waals surface area contributed by atoms with Crippen LogP contribution in [0.25, 0.3) is 6.08 Å². The number of hydrogen-bond donors (Lipinski definition) is 1. The summed E-state index contributed by atoms with van der Waals surface area (Å²) < 4.78 is 7.44. The van der Waals surface area contributed by atoms with E-state index in [1.54, 1.807) is 30.5 Å². The third kappa shape index (κ3) is 5.91. The molecule has 2 aromatic heterocycles. The Morgan fingerprint density at radius 2 is 2.09 bits per heavy atom. The first-order valence-corrected chi connectivity index (χ1v) is 11.6. The number of nitriles is 1. The zero-order valence-electron chi connectivity index (χ0n) is 20.4. The first-order valence-electron chi connectivity index (χ1n) is 11.6. The lowest BCUT2D eigenvalue weighted by atomic mass is 9.95. The third-order valence-electron chi connectivity index (χ3n) is 6.37. The summed E-state index contributed by atoms with van der Waals surface area (Å²) in [5, 5.41) is 12.7. The molecule has 1 aliphatic rings. The number of rotatable bonds is 8. The van der Waals surface area contributed by atoms with E-state index in [0.29, 0.717) is 39.1 Å². The number of ether oxygens (including phenoxy) is 1. The number of carbonyl (C=O) groups is 2. The Labute approximate surface area is 201 Å². The van der Waals surface area contributed by atoms with Gasteiger partial charge in [0.25, 0.3) is 5.91 Å². The molecule has 1 N–H and O–H groups in total. The van der Waals surface area contributed by atoms with Crippen LogP contribution in [0.15, 0.2) is 36.2 Å². The standard InChI is InChI=1S/C26H33N5O3/c1-18-12-23(20(3)31(18)19(2)17-34-4)13-24(14-27)26(33)30-10-7-22(8-11-30)25(32)29-16-21-6-5-9-28-15-21/h5-6,9,12-13,15,19,22H,7-8,10-11,16-17H2,1-4H3,(H,29,32)/b24-13+. The summed E-state index contributed by atoms with van der Waals surface area (Å²) in [4.78, 5) is 31.3. The second-order valence-electron chi connectivity index (χ2n) is 8.82. The van der Waals surface area contributed by atoms with Crippen LogP contribution in [0, 0.1) is 31.1 Å². The summed E-state index contributed by atoms with van der Waals surface area (Å²) in [7, 11) is 1.67. The van der Waals surface area contributed by atoms with Crippen LogP contribution in [0.5, 0.6) is 0 Å². The van der Waals surface area contributed by atoms with Crippen molar-refractivity contribution in [3.8, 4) is 6.07 Å². The van der Waals surface area contributed by atoms with Crippen LogP contribution in [-0.2, 0) is 20.9 Å². The number of pyridine rings is 1. The van der Waals surface area contributed by atoms with Crippen LogP contribution in [0.4, 0.5) is 0 Å². The lowest BCUT2D eigenvalue weighted by molar-refractivity contribution is -0.132. The highest BCUT2D eigenvalue weighted by molar-refractivity contribution is 6.02. The van der Waals surface area contributed by atoms with E-state index in [0.717, 1.165) is 22.5 Å². The SMILES string of the molecule is COCC(C)n1c(C)cc(/C=C(\C#N)C(=O)N2CCC(C(=O)NCc3cccnc3)CC2)c1C. The van der Waals surface area contributed by atoms with Gasteiger partial charge in [-0.15, -0.1) is 0 Å². The molecule has 0 bridgehead atoms. The number of methoxy groups -OCH3 is 1. The molecule has 1 atom stereocenters. The van der Waals surface area contributed by atoms with Gasteiger partial charge in [0, 0.05) is 56.4 Å². The van der Waals surface area contributed by atoms with E-state index >= 15 is 0 Å². The van der Waals surface area contributed by atoms with E-state index in [2.05, 4.69) is 27.9 Å². The van der Waals surface area contributed by atoms with E-state index in [-0.39, 0.29) is 29.3 Å². The maximum absolute atomic E-state index is 13.1. The highest BCUT2D eigenvalue weighted by atomic mass is 16.5. The largest absolute Gasteiger partial charge is 0.383 e. The number of likely N-dealkylation sites (tertiary alicyclic amines) is 1. The number of piperidine rings is 1. The van der Waals surface area contributed by atoms with Crippen molar-refractivity contribution in [1.29, 1.82) is 5.26 Å². The fourth-order valence-corrected chi connectivity index (χ4v) is 4.59. The minimum atomic E-state index is -0.286. The Morgan fingerprint density at radius 3 is 2.71 bits per heavy atom. The van der Waals surface area contributed by atoms with Gasteiger partial charge in [0.05, 0.1) is 12.6 Å². The molecule has 34 heavy (non-hydrogen) atoms. The Kier molecular flexibility index (Phi) is 8.61. The summed E-state index contributed by atoms with van der Waals surface area (Å²) in [5.74, 6) is -0.437. The Bertz CT molecular complexity index is 1080. The Balaban J connectivity index is 1.61. The van der Waals surface area contributed by atoms with Crippen molar-refractivity contribution in [2.24, 2.45) is 5.92 Å². The van der Waals surface area contributed by atoms with Crippen molar-refractivity contribution in [3.63, 3.8) is 0 Å².